The van der Waals surface area contributed by atoms with Crippen molar-refractivity contribution in [2.45, 2.75) is 13.5 Å². The van der Waals surface area contributed by atoms with Gasteiger partial charge < -0.3 is 0 Å². The lowest BCUT2D eigenvalue weighted by atomic mass is 10.2. The van der Waals surface area contributed by atoms with Crippen LogP contribution in [0.5, 0.6) is 0 Å². The third-order valence-corrected chi connectivity index (χ3v) is 3.58. The van der Waals surface area contributed by atoms with Gasteiger partial charge in [0.1, 0.15) is 5.82 Å². The van der Waals surface area contributed by atoms with Crippen molar-refractivity contribution in [3.05, 3.63) is 69.4 Å². The van der Waals surface area contributed by atoms with E-state index in [1.165, 1.54) is 0 Å². The van der Waals surface area contributed by atoms with Crippen molar-refractivity contribution >= 4 is 22.6 Å². The molecule has 0 unspecified atom stereocenters. The number of hydrogen-bond acceptors (Lipinski definition) is 3. The molecule has 2 heterocycles. The molecule has 0 atom stereocenters. The zero-order chi connectivity index (χ0) is 14.1. The summed E-state index contributed by atoms with van der Waals surface area (Å²) in [6.07, 6.45) is 1.63. The standard InChI is InChI=1S/C15H12ClN3O/c1-10-18-14-12(6-4-8-17-14)15(20)19(10)9-11-5-2-3-7-13(11)16/h2-8H,9H2,1H3. The van der Waals surface area contributed by atoms with Gasteiger partial charge in [0.15, 0.2) is 5.65 Å². The Labute approximate surface area is 120 Å². The van der Waals surface area contributed by atoms with Crippen molar-refractivity contribution in [1.29, 1.82) is 0 Å². The Morgan fingerprint density at radius 3 is 2.80 bits per heavy atom. The zero-order valence-corrected chi connectivity index (χ0v) is 11.6. The van der Waals surface area contributed by atoms with E-state index in [1.54, 1.807) is 29.8 Å². The minimum atomic E-state index is -0.0967. The SMILES string of the molecule is Cc1nc2ncccc2c(=O)n1Cc1ccccc1Cl. The fourth-order valence-electron chi connectivity index (χ4n) is 2.14. The minimum absolute atomic E-state index is 0.0967. The molecule has 0 aliphatic carbocycles. The number of hydrogen-bond donors (Lipinski definition) is 0. The number of aryl methyl sites for hydroxylation is 1. The highest BCUT2D eigenvalue weighted by Crippen LogP contribution is 2.16. The second-order valence-electron chi connectivity index (χ2n) is 4.52. The fraction of sp³-hybridized carbons (Fsp3) is 0.133. The summed E-state index contributed by atoms with van der Waals surface area (Å²) in [5.74, 6) is 0.626. The number of pyridine rings is 1. The molecule has 0 bridgehead atoms. The van der Waals surface area contributed by atoms with E-state index in [-0.39, 0.29) is 5.56 Å². The molecule has 3 rings (SSSR count). The van der Waals surface area contributed by atoms with Crippen LogP contribution < -0.4 is 5.56 Å². The van der Waals surface area contributed by atoms with Crippen LogP contribution >= 0.6 is 11.6 Å². The lowest BCUT2D eigenvalue weighted by Crippen LogP contribution is -2.24. The quantitative estimate of drug-likeness (QED) is 0.727. The predicted octanol–water partition coefficient (Wildman–Crippen LogP) is 2.80. The van der Waals surface area contributed by atoms with Gasteiger partial charge in [0.05, 0.1) is 11.9 Å². The van der Waals surface area contributed by atoms with Gasteiger partial charge in [-0.1, -0.05) is 29.8 Å². The second kappa shape index (κ2) is 5.06. The molecule has 0 aliphatic heterocycles. The zero-order valence-electron chi connectivity index (χ0n) is 10.9. The number of benzene rings is 1. The maximum atomic E-state index is 12.5. The summed E-state index contributed by atoms with van der Waals surface area (Å²) in [4.78, 5) is 21.0. The fourth-order valence-corrected chi connectivity index (χ4v) is 2.34. The van der Waals surface area contributed by atoms with E-state index in [0.717, 1.165) is 5.56 Å². The average Bonchev–Trinajstić information content (AvgIpc) is 2.45. The second-order valence-corrected chi connectivity index (χ2v) is 4.92. The van der Waals surface area contributed by atoms with Gasteiger partial charge in [0.25, 0.3) is 5.56 Å². The Balaban J connectivity index is 2.17. The van der Waals surface area contributed by atoms with Crippen molar-refractivity contribution in [2.75, 3.05) is 0 Å². The van der Waals surface area contributed by atoms with Crippen LogP contribution in [-0.2, 0) is 6.54 Å². The molecule has 0 saturated carbocycles. The molecule has 1 aromatic carbocycles. The largest absolute Gasteiger partial charge is 0.292 e. The highest BCUT2D eigenvalue weighted by Gasteiger charge is 2.10. The van der Waals surface area contributed by atoms with Crippen LogP contribution in [0, 0.1) is 6.92 Å². The topological polar surface area (TPSA) is 47.8 Å². The molecule has 0 N–H and O–H groups in total. The van der Waals surface area contributed by atoms with Crippen LogP contribution in [-0.4, -0.2) is 14.5 Å². The summed E-state index contributed by atoms with van der Waals surface area (Å²) >= 11 is 6.15. The first-order valence-electron chi connectivity index (χ1n) is 6.22. The lowest BCUT2D eigenvalue weighted by Gasteiger charge is -2.11. The van der Waals surface area contributed by atoms with E-state index in [9.17, 15) is 4.79 Å². The molecule has 100 valence electrons. The van der Waals surface area contributed by atoms with Crippen LogP contribution in [0.2, 0.25) is 5.02 Å². The molecule has 0 aliphatic rings. The van der Waals surface area contributed by atoms with Crippen molar-refractivity contribution in [1.82, 2.24) is 14.5 Å². The summed E-state index contributed by atoms with van der Waals surface area (Å²) in [7, 11) is 0. The third kappa shape index (κ3) is 2.18. The smallest absolute Gasteiger partial charge is 0.263 e. The van der Waals surface area contributed by atoms with Crippen LogP contribution in [0.3, 0.4) is 0 Å². The van der Waals surface area contributed by atoms with E-state index in [4.69, 9.17) is 11.6 Å². The van der Waals surface area contributed by atoms with Gasteiger partial charge in [-0.05, 0) is 30.7 Å². The number of halogens is 1. The molecule has 2 aromatic heterocycles. The minimum Gasteiger partial charge on any atom is -0.292 e. The molecule has 20 heavy (non-hydrogen) atoms. The molecular formula is C15H12ClN3O. The molecule has 5 heteroatoms. The third-order valence-electron chi connectivity index (χ3n) is 3.21. The molecular weight excluding hydrogens is 274 g/mol. The summed E-state index contributed by atoms with van der Waals surface area (Å²) in [5, 5.41) is 1.16. The van der Waals surface area contributed by atoms with Gasteiger partial charge in [0, 0.05) is 11.2 Å². The molecule has 0 fully saturated rings. The number of nitrogens with zero attached hydrogens (tertiary/aromatic N) is 3. The number of fused-ring (bicyclic) bond motifs is 1. The number of rotatable bonds is 2. The summed E-state index contributed by atoms with van der Waals surface area (Å²) < 4.78 is 1.62. The van der Waals surface area contributed by atoms with E-state index in [0.29, 0.717) is 28.4 Å². The van der Waals surface area contributed by atoms with Crippen LogP contribution in [0.15, 0.2) is 47.4 Å². The first-order chi connectivity index (χ1) is 9.66. The Kier molecular flexibility index (Phi) is 3.24. The van der Waals surface area contributed by atoms with Gasteiger partial charge in [-0.25, -0.2) is 9.97 Å². The highest BCUT2D eigenvalue weighted by atomic mass is 35.5. The van der Waals surface area contributed by atoms with E-state index < -0.39 is 0 Å². The predicted molar refractivity (Wildman–Crippen MR) is 79.1 cm³/mol. The van der Waals surface area contributed by atoms with Gasteiger partial charge in [-0.15, -0.1) is 0 Å². The normalized spacial score (nSPS) is 10.9. The molecule has 0 amide bonds. The Morgan fingerprint density at radius 1 is 1.20 bits per heavy atom. The first-order valence-corrected chi connectivity index (χ1v) is 6.60. The maximum Gasteiger partial charge on any atom is 0.263 e. The van der Waals surface area contributed by atoms with E-state index in [2.05, 4.69) is 9.97 Å². The van der Waals surface area contributed by atoms with Crippen LogP contribution in [0.4, 0.5) is 0 Å². The van der Waals surface area contributed by atoms with Gasteiger partial charge in [-0.2, -0.15) is 0 Å². The van der Waals surface area contributed by atoms with Crippen molar-refractivity contribution < 1.29 is 0 Å². The summed E-state index contributed by atoms with van der Waals surface area (Å²) in [6.45, 7) is 2.20. The molecule has 3 aromatic rings. The maximum absolute atomic E-state index is 12.5. The Morgan fingerprint density at radius 2 is 2.00 bits per heavy atom. The highest BCUT2D eigenvalue weighted by molar-refractivity contribution is 6.31. The average molecular weight is 286 g/mol. The molecule has 0 spiro atoms. The molecule has 4 nitrogen and oxygen atoms in total. The van der Waals surface area contributed by atoms with Gasteiger partial charge in [-0.3, -0.25) is 9.36 Å². The molecule has 0 radical (unpaired) electrons. The van der Waals surface area contributed by atoms with E-state index >= 15 is 0 Å². The van der Waals surface area contributed by atoms with E-state index in [1.807, 2.05) is 24.3 Å². The van der Waals surface area contributed by atoms with Crippen LogP contribution in [0.25, 0.3) is 11.0 Å². The Hall–Kier alpha value is -2.20. The molecule has 0 saturated heterocycles. The number of aromatic nitrogens is 3. The monoisotopic (exact) mass is 285 g/mol. The van der Waals surface area contributed by atoms with Crippen LogP contribution in [0.1, 0.15) is 11.4 Å². The first kappa shape index (κ1) is 12.8. The summed E-state index contributed by atoms with van der Waals surface area (Å²) in [6, 6.07) is 11.0. The van der Waals surface area contributed by atoms with Gasteiger partial charge in [0.2, 0.25) is 0 Å². The van der Waals surface area contributed by atoms with Crippen molar-refractivity contribution in [2.24, 2.45) is 0 Å². The van der Waals surface area contributed by atoms with Crippen molar-refractivity contribution in [3.63, 3.8) is 0 Å². The summed E-state index contributed by atoms with van der Waals surface area (Å²) in [5.41, 5.74) is 1.27. The Bertz CT molecular complexity index is 842. The van der Waals surface area contributed by atoms with Crippen molar-refractivity contribution in [3.8, 4) is 0 Å². The van der Waals surface area contributed by atoms with Gasteiger partial charge >= 0.3 is 0 Å². The lowest BCUT2D eigenvalue weighted by molar-refractivity contribution is 0.711.